The van der Waals surface area contributed by atoms with Gasteiger partial charge in [0.1, 0.15) is 0 Å². The number of nitrogens with two attached hydrogens (primary N) is 1. The molecule has 4 atom stereocenters. The Bertz CT molecular complexity index is 213. The average molecular weight is 224 g/mol. The first-order valence-electron chi connectivity index (χ1n) is 7.18. The summed E-state index contributed by atoms with van der Waals surface area (Å²) >= 11 is 0. The smallest absolute Gasteiger partial charge is 0.0124 e. The highest BCUT2D eigenvalue weighted by atomic mass is 15.2. The third-order valence-corrected chi connectivity index (χ3v) is 4.78. The van der Waals surface area contributed by atoms with Gasteiger partial charge in [0, 0.05) is 18.6 Å². The van der Waals surface area contributed by atoms with Gasteiger partial charge in [-0.1, -0.05) is 19.8 Å². The highest BCUT2D eigenvalue weighted by Crippen LogP contribution is 2.35. The Labute approximate surface area is 101 Å². The lowest BCUT2D eigenvalue weighted by atomic mass is 9.78. The summed E-state index contributed by atoms with van der Waals surface area (Å²) in [7, 11) is 0. The number of nitrogens with zero attached hydrogens (tertiary/aromatic N) is 1. The van der Waals surface area contributed by atoms with Crippen molar-refractivity contribution in [3.8, 4) is 0 Å². The topological polar surface area (TPSA) is 29.3 Å². The Hall–Kier alpha value is -0.0800. The molecule has 2 N–H and O–H groups in total. The molecule has 94 valence electrons. The molecule has 2 nitrogen and oxygen atoms in total. The standard InChI is InChI=1S/C14H28N2/c1-11(12(2)15)10-16-9-5-7-13-6-3-4-8-14(13)16/h11-14H,3-10,15H2,1-2H3/t11?,12?,13-,14-/m1/s1. The molecule has 0 radical (unpaired) electrons. The van der Waals surface area contributed by atoms with Crippen molar-refractivity contribution in [1.29, 1.82) is 0 Å². The molecule has 16 heavy (non-hydrogen) atoms. The van der Waals surface area contributed by atoms with Crippen LogP contribution >= 0.6 is 0 Å². The van der Waals surface area contributed by atoms with E-state index in [2.05, 4.69) is 18.7 Å². The summed E-state index contributed by atoms with van der Waals surface area (Å²) in [6.07, 6.45) is 8.73. The van der Waals surface area contributed by atoms with E-state index in [-0.39, 0.29) is 0 Å². The van der Waals surface area contributed by atoms with Crippen molar-refractivity contribution in [3.05, 3.63) is 0 Å². The molecular weight excluding hydrogens is 196 g/mol. The average Bonchev–Trinajstić information content (AvgIpc) is 2.29. The fourth-order valence-corrected chi connectivity index (χ4v) is 3.49. The van der Waals surface area contributed by atoms with E-state index >= 15 is 0 Å². The number of rotatable bonds is 3. The Balaban J connectivity index is 1.92. The molecule has 1 aliphatic heterocycles. The lowest BCUT2D eigenvalue weighted by Crippen LogP contribution is -2.49. The van der Waals surface area contributed by atoms with E-state index in [0.29, 0.717) is 12.0 Å². The van der Waals surface area contributed by atoms with E-state index < -0.39 is 0 Å². The van der Waals surface area contributed by atoms with Crippen molar-refractivity contribution < 1.29 is 0 Å². The molecule has 0 aromatic heterocycles. The molecule has 0 aromatic rings. The minimum absolute atomic E-state index is 0.337. The van der Waals surface area contributed by atoms with Crippen LogP contribution in [-0.2, 0) is 0 Å². The van der Waals surface area contributed by atoms with Gasteiger partial charge in [0.15, 0.2) is 0 Å². The van der Waals surface area contributed by atoms with Gasteiger partial charge in [-0.05, 0) is 51.0 Å². The Morgan fingerprint density at radius 2 is 1.81 bits per heavy atom. The van der Waals surface area contributed by atoms with E-state index in [1.54, 1.807) is 0 Å². The van der Waals surface area contributed by atoms with Crippen LogP contribution in [0.2, 0.25) is 0 Å². The molecule has 1 saturated carbocycles. The second-order valence-corrected chi connectivity index (χ2v) is 6.09. The van der Waals surface area contributed by atoms with Gasteiger partial charge in [0.25, 0.3) is 0 Å². The third-order valence-electron chi connectivity index (χ3n) is 4.78. The summed E-state index contributed by atoms with van der Waals surface area (Å²) < 4.78 is 0. The maximum absolute atomic E-state index is 5.99. The van der Waals surface area contributed by atoms with Gasteiger partial charge in [-0.25, -0.2) is 0 Å². The molecule has 1 aliphatic carbocycles. The normalized spacial score (nSPS) is 35.4. The van der Waals surface area contributed by atoms with Crippen molar-refractivity contribution in [2.24, 2.45) is 17.6 Å². The predicted molar refractivity (Wildman–Crippen MR) is 69.4 cm³/mol. The number of likely N-dealkylation sites (tertiary alicyclic amines) is 1. The first-order valence-corrected chi connectivity index (χ1v) is 7.18. The first-order chi connectivity index (χ1) is 7.68. The third kappa shape index (κ3) is 2.78. The van der Waals surface area contributed by atoms with Gasteiger partial charge in [0.2, 0.25) is 0 Å². The molecule has 1 heterocycles. The lowest BCUT2D eigenvalue weighted by molar-refractivity contribution is 0.0476. The molecule has 1 saturated heterocycles. The number of hydrogen-bond donors (Lipinski definition) is 1. The van der Waals surface area contributed by atoms with Crippen LogP contribution in [0.1, 0.15) is 52.4 Å². The van der Waals surface area contributed by atoms with Gasteiger partial charge >= 0.3 is 0 Å². The molecular formula is C14H28N2. The molecule has 2 fully saturated rings. The zero-order valence-electron chi connectivity index (χ0n) is 11.0. The van der Waals surface area contributed by atoms with Gasteiger partial charge in [0.05, 0.1) is 0 Å². The minimum Gasteiger partial charge on any atom is -0.328 e. The number of piperidine rings is 1. The first kappa shape index (κ1) is 12.4. The molecule has 2 unspecified atom stereocenters. The van der Waals surface area contributed by atoms with Crippen LogP contribution in [-0.4, -0.2) is 30.1 Å². The second kappa shape index (κ2) is 5.50. The van der Waals surface area contributed by atoms with Crippen LogP contribution in [0.25, 0.3) is 0 Å². The molecule has 0 spiro atoms. The van der Waals surface area contributed by atoms with Gasteiger partial charge in [-0.2, -0.15) is 0 Å². The molecule has 0 amide bonds. The van der Waals surface area contributed by atoms with Gasteiger partial charge in [-0.15, -0.1) is 0 Å². The van der Waals surface area contributed by atoms with E-state index in [9.17, 15) is 0 Å². The summed E-state index contributed by atoms with van der Waals surface area (Å²) in [5.74, 6) is 1.64. The van der Waals surface area contributed by atoms with E-state index in [1.807, 2.05) is 0 Å². The molecule has 2 heteroatoms. The Morgan fingerprint density at radius 1 is 1.12 bits per heavy atom. The monoisotopic (exact) mass is 224 g/mol. The maximum Gasteiger partial charge on any atom is 0.0124 e. The van der Waals surface area contributed by atoms with Crippen LogP contribution in [0.15, 0.2) is 0 Å². The largest absolute Gasteiger partial charge is 0.328 e. The Morgan fingerprint density at radius 3 is 2.56 bits per heavy atom. The summed E-state index contributed by atoms with van der Waals surface area (Å²) in [6.45, 7) is 6.99. The van der Waals surface area contributed by atoms with E-state index in [4.69, 9.17) is 5.73 Å². The Kier molecular flexibility index (Phi) is 4.26. The van der Waals surface area contributed by atoms with Crippen molar-refractivity contribution in [2.75, 3.05) is 13.1 Å². The number of fused-ring (bicyclic) bond motifs is 1. The van der Waals surface area contributed by atoms with E-state index in [1.165, 1.54) is 51.6 Å². The van der Waals surface area contributed by atoms with Crippen LogP contribution < -0.4 is 5.73 Å². The minimum atomic E-state index is 0.337. The fourth-order valence-electron chi connectivity index (χ4n) is 3.49. The van der Waals surface area contributed by atoms with Gasteiger partial charge in [-0.3, -0.25) is 4.90 Å². The summed E-state index contributed by atoms with van der Waals surface area (Å²) in [6, 6.07) is 1.23. The van der Waals surface area contributed by atoms with Crippen molar-refractivity contribution in [3.63, 3.8) is 0 Å². The summed E-state index contributed by atoms with van der Waals surface area (Å²) in [5.41, 5.74) is 5.99. The van der Waals surface area contributed by atoms with Gasteiger partial charge < -0.3 is 5.73 Å². The van der Waals surface area contributed by atoms with Crippen LogP contribution in [0, 0.1) is 11.8 Å². The van der Waals surface area contributed by atoms with Crippen LogP contribution in [0.5, 0.6) is 0 Å². The van der Waals surface area contributed by atoms with E-state index in [0.717, 1.165) is 12.0 Å². The van der Waals surface area contributed by atoms with Crippen LogP contribution in [0.4, 0.5) is 0 Å². The number of hydrogen-bond acceptors (Lipinski definition) is 2. The maximum atomic E-state index is 5.99. The van der Waals surface area contributed by atoms with Crippen LogP contribution in [0.3, 0.4) is 0 Å². The molecule has 2 rings (SSSR count). The van der Waals surface area contributed by atoms with Crippen molar-refractivity contribution >= 4 is 0 Å². The second-order valence-electron chi connectivity index (χ2n) is 6.09. The van der Waals surface area contributed by atoms with Crippen molar-refractivity contribution in [1.82, 2.24) is 4.90 Å². The highest BCUT2D eigenvalue weighted by Gasteiger charge is 2.33. The highest BCUT2D eigenvalue weighted by molar-refractivity contribution is 4.88. The molecule has 0 bridgehead atoms. The predicted octanol–water partition coefficient (Wildman–Crippen LogP) is 2.62. The molecule has 2 aliphatic rings. The molecule has 0 aromatic carbocycles. The fraction of sp³-hybridized carbons (Fsp3) is 1.00. The zero-order chi connectivity index (χ0) is 11.5. The van der Waals surface area contributed by atoms with Crippen molar-refractivity contribution in [2.45, 2.75) is 64.5 Å². The zero-order valence-corrected chi connectivity index (χ0v) is 11.0. The quantitative estimate of drug-likeness (QED) is 0.798. The summed E-state index contributed by atoms with van der Waals surface area (Å²) in [5, 5.41) is 0. The SMILES string of the molecule is CC(N)C(C)CN1CCC[C@H]2CCCC[C@H]21. The lowest BCUT2D eigenvalue weighted by Gasteiger charge is -2.45. The summed E-state index contributed by atoms with van der Waals surface area (Å²) in [4.78, 5) is 2.75.